The molecule has 0 radical (unpaired) electrons. The molecule has 26 heavy (non-hydrogen) atoms. The molecule has 3 rings (SSSR count). The van der Waals surface area contributed by atoms with Gasteiger partial charge in [-0.15, -0.1) is 11.3 Å². The van der Waals surface area contributed by atoms with Gasteiger partial charge < -0.3 is 19.5 Å². The number of hydrogen-bond acceptors (Lipinski definition) is 7. The fourth-order valence-corrected chi connectivity index (χ4v) is 3.86. The van der Waals surface area contributed by atoms with Crippen LogP contribution in [-0.2, 0) is 6.42 Å². The van der Waals surface area contributed by atoms with E-state index in [9.17, 15) is 0 Å². The average molecular weight is 373 g/mol. The Morgan fingerprint density at radius 1 is 1.04 bits per heavy atom. The van der Waals surface area contributed by atoms with Crippen molar-refractivity contribution in [3.05, 3.63) is 34.5 Å². The number of aromatic nitrogens is 2. The third-order valence-corrected chi connectivity index (χ3v) is 5.08. The highest BCUT2D eigenvalue weighted by Gasteiger charge is 2.16. The summed E-state index contributed by atoms with van der Waals surface area (Å²) >= 11 is 1.64. The summed E-state index contributed by atoms with van der Waals surface area (Å²) in [4.78, 5) is 10.5. The lowest BCUT2D eigenvalue weighted by Crippen LogP contribution is -2.05. The van der Waals surface area contributed by atoms with E-state index in [1.54, 1.807) is 32.7 Å². The zero-order valence-electron chi connectivity index (χ0n) is 15.7. The number of rotatable bonds is 7. The van der Waals surface area contributed by atoms with Crippen molar-refractivity contribution in [2.24, 2.45) is 0 Å². The molecule has 1 N–H and O–H groups in total. The smallest absolute Gasteiger partial charge is 0.203 e. The molecular formula is C19H23N3O3S. The largest absolute Gasteiger partial charge is 0.493 e. The second kappa shape index (κ2) is 7.78. The van der Waals surface area contributed by atoms with E-state index >= 15 is 0 Å². The first-order chi connectivity index (χ1) is 12.6. The molecule has 7 heteroatoms. The Kier molecular flexibility index (Phi) is 5.46. The minimum Gasteiger partial charge on any atom is -0.493 e. The van der Waals surface area contributed by atoms with Gasteiger partial charge in [-0.3, -0.25) is 0 Å². The molecule has 0 aliphatic carbocycles. The van der Waals surface area contributed by atoms with E-state index in [4.69, 9.17) is 24.2 Å². The second-order valence-corrected chi connectivity index (χ2v) is 6.69. The summed E-state index contributed by atoms with van der Waals surface area (Å²) in [7, 11) is 4.82. The summed E-state index contributed by atoms with van der Waals surface area (Å²) in [5, 5.41) is 6.57. The van der Waals surface area contributed by atoms with Crippen LogP contribution in [0.4, 0.5) is 5.82 Å². The van der Waals surface area contributed by atoms with Crippen LogP contribution < -0.4 is 19.5 Å². The number of thiophene rings is 1. The van der Waals surface area contributed by atoms with Gasteiger partial charge in [-0.2, -0.15) is 0 Å². The van der Waals surface area contributed by atoms with Crippen molar-refractivity contribution in [1.29, 1.82) is 0 Å². The van der Waals surface area contributed by atoms with Gasteiger partial charge in [0.05, 0.1) is 26.7 Å². The monoisotopic (exact) mass is 373 g/mol. The van der Waals surface area contributed by atoms with E-state index in [1.165, 1.54) is 5.56 Å². The fraction of sp³-hybridized carbons (Fsp3) is 0.368. The van der Waals surface area contributed by atoms with E-state index in [0.717, 1.165) is 34.0 Å². The van der Waals surface area contributed by atoms with Crippen molar-refractivity contribution in [2.75, 3.05) is 33.2 Å². The number of fused-ring (bicyclic) bond motifs is 1. The fourth-order valence-electron chi connectivity index (χ4n) is 2.92. The number of hydrogen-bond donors (Lipinski definition) is 1. The van der Waals surface area contributed by atoms with Gasteiger partial charge in [-0.1, -0.05) is 0 Å². The number of benzene rings is 1. The zero-order valence-corrected chi connectivity index (χ0v) is 16.5. The van der Waals surface area contributed by atoms with Gasteiger partial charge >= 0.3 is 0 Å². The van der Waals surface area contributed by atoms with Crippen LogP contribution in [0.5, 0.6) is 17.2 Å². The SMILES string of the molecule is CCNc1nc(Cc2cc(OC)c(OC)c(OC)c2)nc2scc(C)c12. The molecule has 2 heterocycles. The van der Waals surface area contributed by atoms with Crippen molar-refractivity contribution in [2.45, 2.75) is 20.3 Å². The molecule has 0 fully saturated rings. The maximum absolute atomic E-state index is 5.44. The summed E-state index contributed by atoms with van der Waals surface area (Å²) in [6.07, 6.45) is 0.571. The van der Waals surface area contributed by atoms with Crippen LogP contribution in [0.3, 0.4) is 0 Å². The molecule has 0 unspecified atom stereocenters. The number of ether oxygens (including phenoxy) is 3. The molecule has 3 aromatic rings. The molecule has 6 nitrogen and oxygen atoms in total. The number of aryl methyl sites for hydroxylation is 1. The molecule has 138 valence electrons. The lowest BCUT2D eigenvalue weighted by Gasteiger charge is -2.14. The van der Waals surface area contributed by atoms with Gasteiger partial charge in [0.25, 0.3) is 0 Å². The van der Waals surface area contributed by atoms with E-state index in [2.05, 4.69) is 24.5 Å². The Hall–Kier alpha value is -2.54. The highest BCUT2D eigenvalue weighted by Crippen LogP contribution is 2.39. The second-order valence-electron chi connectivity index (χ2n) is 5.83. The summed E-state index contributed by atoms with van der Waals surface area (Å²) in [5.74, 6) is 3.48. The Bertz CT molecular complexity index is 899. The normalized spacial score (nSPS) is 10.8. The first-order valence-electron chi connectivity index (χ1n) is 8.38. The van der Waals surface area contributed by atoms with Gasteiger partial charge in [0.1, 0.15) is 16.5 Å². The van der Waals surface area contributed by atoms with Crippen LogP contribution in [0, 0.1) is 6.92 Å². The lowest BCUT2D eigenvalue weighted by molar-refractivity contribution is 0.324. The minimum atomic E-state index is 0.571. The molecule has 0 amide bonds. The van der Waals surface area contributed by atoms with Crippen LogP contribution in [-0.4, -0.2) is 37.8 Å². The van der Waals surface area contributed by atoms with E-state index in [0.29, 0.717) is 23.7 Å². The van der Waals surface area contributed by atoms with Crippen molar-refractivity contribution in [3.63, 3.8) is 0 Å². The Morgan fingerprint density at radius 2 is 1.73 bits per heavy atom. The lowest BCUT2D eigenvalue weighted by atomic mass is 10.1. The average Bonchev–Trinajstić information content (AvgIpc) is 3.02. The third-order valence-electron chi connectivity index (χ3n) is 4.09. The van der Waals surface area contributed by atoms with E-state index in [1.807, 2.05) is 12.1 Å². The van der Waals surface area contributed by atoms with Gasteiger partial charge in [0.15, 0.2) is 11.5 Å². The number of methoxy groups -OCH3 is 3. The number of anilines is 1. The van der Waals surface area contributed by atoms with Crippen molar-refractivity contribution < 1.29 is 14.2 Å². The Labute approximate surface area is 157 Å². The first-order valence-corrected chi connectivity index (χ1v) is 9.26. The molecule has 2 aromatic heterocycles. The minimum absolute atomic E-state index is 0.571. The number of nitrogens with zero attached hydrogens (tertiary/aromatic N) is 2. The predicted molar refractivity (Wildman–Crippen MR) is 105 cm³/mol. The summed E-state index contributed by atoms with van der Waals surface area (Å²) in [6, 6.07) is 3.86. The van der Waals surface area contributed by atoms with Crippen LogP contribution >= 0.6 is 11.3 Å². The van der Waals surface area contributed by atoms with Crippen molar-refractivity contribution in [3.8, 4) is 17.2 Å². The van der Waals surface area contributed by atoms with Crippen molar-refractivity contribution >= 4 is 27.4 Å². The molecule has 0 spiro atoms. The van der Waals surface area contributed by atoms with Crippen molar-refractivity contribution in [1.82, 2.24) is 9.97 Å². The maximum atomic E-state index is 5.44. The molecule has 0 aliphatic heterocycles. The Balaban J connectivity index is 2.03. The topological polar surface area (TPSA) is 65.5 Å². The van der Waals surface area contributed by atoms with Gasteiger partial charge in [0.2, 0.25) is 5.75 Å². The molecule has 0 atom stereocenters. The summed E-state index contributed by atoms with van der Waals surface area (Å²) < 4.78 is 16.3. The molecular weight excluding hydrogens is 350 g/mol. The molecule has 1 aromatic carbocycles. The van der Waals surface area contributed by atoms with Crippen LogP contribution in [0.25, 0.3) is 10.2 Å². The van der Waals surface area contributed by atoms with Crippen LogP contribution in [0.15, 0.2) is 17.5 Å². The molecule has 0 saturated carbocycles. The van der Waals surface area contributed by atoms with Gasteiger partial charge in [-0.25, -0.2) is 9.97 Å². The highest BCUT2D eigenvalue weighted by atomic mass is 32.1. The van der Waals surface area contributed by atoms with E-state index < -0.39 is 0 Å². The molecule has 0 bridgehead atoms. The van der Waals surface area contributed by atoms with Gasteiger partial charge in [-0.05, 0) is 42.5 Å². The van der Waals surface area contributed by atoms with Crippen LogP contribution in [0.1, 0.15) is 23.9 Å². The number of nitrogens with one attached hydrogen (secondary N) is 1. The zero-order chi connectivity index (χ0) is 18.7. The first kappa shape index (κ1) is 18.3. The van der Waals surface area contributed by atoms with Crippen LogP contribution in [0.2, 0.25) is 0 Å². The molecule has 0 saturated heterocycles. The maximum Gasteiger partial charge on any atom is 0.203 e. The van der Waals surface area contributed by atoms with E-state index in [-0.39, 0.29) is 0 Å². The van der Waals surface area contributed by atoms with Gasteiger partial charge in [0, 0.05) is 13.0 Å². The Morgan fingerprint density at radius 3 is 2.31 bits per heavy atom. The molecule has 0 aliphatic rings. The third kappa shape index (κ3) is 3.39. The summed E-state index contributed by atoms with van der Waals surface area (Å²) in [6.45, 7) is 4.96. The predicted octanol–water partition coefficient (Wildman–Crippen LogP) is 4.05. The quantitative estimate of drug-likeness (QED) is 0.674. The standard InChI is InChI=1S/C19H23N3O3S/c1-6-20-18-16-11(2)10-26-19(16)22-15(21-18)9-12-7-13(23-3)17(25-5)14(8-12)24-4/h7-8,10H,6,9H2,1-5H3,(H,20,21,22). The highest BCUT2D eigenvalue weighted by molar-refractivity contribution is 7.17. The summed E-state index contributed by atoms with van der Waals surface area (Å²) in [5.41, 5.74) is 2.19.